The molecule has 152 valence electrons. The van der Waals surface area contributed by atoms with Crippen molar-refractivity contribution in [2.24, 2.45) is 0 Å². The number of benzene rings is 2. The Morgan fingerprint density at radius 2 is 1.97 bits per heavy atom. The lowest BCUT2D eigenvalue weighted by Gasteiger charge is -2.24. The van der Waals surface area contributed by atoms with Crippen LogP contribution in [-0.4, -0.2) is 30.0 Å². The van der Waals surface area contributed by atoms with Crippen molar-refractivity contribution in [3.8, 4) is 0 Å². The summed E-state index contributed by atoms with van der Waals surface area (Å²) in [6.45, 7) is 3.45. The van der Waals surface area contributed by atoms with E-state index in [-0.39, 0.29) is 17.9 Å². The van der Waals surface area contributed by atoms with E-state index in [0.717, 1.165) is 24.2 Å². The lowest BCUT2D eigenvalue weighted by molar-refractivity contribution is -0.120. The molecular formula is C25H25N3OS. The normalized spacial score (nSPS) is 15.3. The van der Waals surface area contributed by atoms with Crippen molar-refractivity contribution in [1.82, 2.24) is 10.3 Å². The van der Waals surface area contributed by atoms with Crippen molar-refractivity contribution in [1.29, 1.82) is 0 Å². The average Bonchev–Trinajstić information content (AvgIpc) is 3.53. The first-order chi connectivity index (χ1) is 14.7. The van der Waals surface area contributed by atoms with Crippen LogP contribution in [0.3, 0.4) is 0 Å². The number of para-hydroxylation sites is 2. The molecule has 2 aromatic heterocycles. The number of carbonyl (C=O) groups excluding carboxylic acids is 1. The molecule has 0 aliphatic carbocycles. The molecule has 0 saturated heterocycles. The number of aromatic amines is 1. The summed E-state index contributed by atoms with van der Waals surface area (Å²) in [4.78, 5) is 19.8. The second kappa shape index (κ2) is 8.09. The lowest BCUT2D eigenvalue weighted by atomic mass is 9.96. The maximum absolute atomic E-state index is 13.2. The Balaban J connectivity index is 1.36. The first kappa shape index (κ1) is 19.1. The number of H-pyrrole nitrogens is 1. The third-order valence-electron chi connectivity index (χ3n) is 6.04. The molecule has 3 heterocycles. The SMILES string of the molecule is C[C@@H](NC[C@H](c1cccs1)c1c[nH]c2ccccc12)C(=O)N1CCc2ccccc21. The Bertz CT molecular complexity index is 1160. The van der Waals surface area contributed by atoms with E-state index < -0.39 is 0 Å². The highest BCUT2D eigenvalue weighted by Crippen LogP contribution is 2.33. The molecule has 0 fully saturated rings. The van der Waals surface area contributed by atoms with Crippen LogP contribution in [0, 0.1) is 0 Å². The quantitative estimate of drug-likeness (QED) is 0.469. The third-order valence-corrected chi connectivity index (χ3v) is 7.02. The van der Waals surface area contributed by atoms with E-state index in [0.29, 0.717) is 6.54 Å². The van der Waals surface area contributed by atoms with E-state index in [9.17, 15) is 4.79 Å². The molecule has 2 N–H and O–H groups in total. The number of aromatic nitrogens is 1. The number of hydrogen-bond acceptors (Lipinski definition) is 3. The van der Waals surface area contributed by atoms with Crippen LogP contribution in [0.5, 0.6) is 0 Å². The predicted octanol–water partition coefficient (Wildman–Crippen LogP) is 4.93. The van der Waals surface area contributed by atoms with Crippen molar-refractivity contribution in [3.05, 3.63) is 88.2 Å². The zero-order valence-electron chi connectivity index (χ0n) is 17.0. The van der Waals surface area contributed by atoms with Crippen LogP contribution in [-0.2, 0) is 11.2 Å². The molecule has 1 aliphatic heterocycles. The molecule has 1 amide bonds. The third kappa shape index (κ3) is 3.44. The Hall–Kier alpha value is -2.89. The van der Waals surface area contributed by atoms with Crippen molar-refractivity contribution in [2.45, 2.75) is 25.3 Å². The Labute approximate surface area is 180 Å². The maximum Gasteiger partial charge on any atom is 0.243 e. The second-order valence-corrected chi connectivity index (χ2v) is 8.84. The number of hydrogen-bond donors (Lipinski definition) is 2. The number of anilines is 1. The van der Waals surface area contributed by atoms with Gasteiger partial charge in [0.15, 0.2) is 0 Å². The minimum absolute atomic E-state index is 0.142. The number of thiophene rings is 1. The summed E-state index contributed by atoms with van der Waals surface area (Å²) in [5.41, 5.74) is 4.73. The molecule has 30 heavy (non-hydrogen) atoms. The topological polar surface area (TPSA) is 48.1 Å². The van der Waals surface area contributed by atoms with Gasteiger partial charge in [-0.25, -0.2) is 0 Å². The van der Waals surface area contributed by atoms with E-state index in [1.165, 1.54) is 21.4 Å². The molecule has 4 nitrogen and oxygen atoms in total. The molecule has 0 saturated carbocycles. The number of nitrogens with one attached hydrogen (secondary N) is 2. The summed E-state index contributed by atoms with van der Waals surface area (Å²) in [7, 11) is 0. The van der Waals surface area contributed by atoms with Crippen LogP contribution >= 0.6 is 11.3 Å². The van der Waals surface area contributed by atoms with E-state index >= 15 is 0 Å². The molecule has 0 unspecified atom stereocenters. The van der Waals surface area contributed by atoms with Gasteiger partial charge < -0.3 is 15.2 Å². The van der Waals surface area contributed by atoms with Crippen LogP contribution in [0.4, 0.5) is 5.69 Å². The molecule has 5 rings (SSSR count). The molecule has 0 radical (unpaired) electrons. The fourth-order valence-electron chi connectivity index (χ4n) is 4.42. The first-order valence-corrected chi connectivity index (χ1v) is 11.3. The highest BCUT2D eigenvalue weighted by molar-refractivity contribution is 7.10. The van der Waals surface area contributed by atoms with Crippen LogP contribution in [0.1, 0.15) is 28.8 Å². The van der Waals surface area contributed by atoms with Gasteiger partial charge in [0.25, 0.3) is 0 Å². The minimum atomic E-state index is -0.246. The number of rotatable bonds is 6. The molecule has 5 heteroatoms. The summed E-state index contributed by atoms with van der Waals surface area (Å²) in [5.74, 6) is 0.339. The van der Waals surface area contributed by atoms with E-state index in [2.05, 4.69) is 64.3 Å². The van der Waals surface area contributed by atoms with E-state index in [4.69, 9.17) is 0 Å². The standard InChI is InChI=1S/C25H25N3OS/c1-17(25(29)28-13-12-18-7-2-5-10-23(18)28)26-16-21(24-11-6-14-30-24)20-15-27-22-9-4-3-8-19(20)22/h2-11,14-15,17,21,26-27H,12-13,16H2,1H3/t17-,21+/m1/s1. The molecular weight excluding hydrogens is 390 g/mol. The number of nitrogens with zero attached hydrogens (tertiary/aromatic N) is 1. The van der Waals surface area contributed by atoms with Gasteiger partial charge in [0.1, 0.15) is 0 Å². The average molecular weight is 416 g/mol. The molecule has 0 bridgehead atoms. The van der Waals surface area contributed by atoms with Crippen molar-refractivity contribution < 1.29 is 4.79 Å². The summed E-state index contributed by atoms with van der Waals surface area (Å²) in [6.07, 6.45) is 3.04. The molecule has 2 aromatic carbocycles. The van der Waals surface area contributed by atoms with Gasteiger partial charge in [-0.3, -0.25) is 4.79 Å². The Kier molecular flexibility index (Phi) is 5.15. The van der Waals surface area contributed by atoms with Gasteiger partial charge in [-0.15, -0.1) is 11.3 Å². The van der Waals surface area contributed by atoms with Crippen LogP contribution in [0.15, 0.2) is 72.2 Å². The fourth-order valence-corrected chi connectivity index (χ4v) is 5.26. The van der Waals surface area contributed by atoms with Gasteiger partial charge >= 0.3 is 0 Å². The van der Waals surface area contributed by atoms with Crippen LogP contribution in [0.2, 0.25) is 0 Å². The minimum Gasteiger partial charge on any atom is -0.361 e. The number of fused-ring (bicyclic) bond motifs is 2. The lowest BCUT2D eigenvalue weighted by Crippen LogP contribution is -2.45. The van der Waals surface area contributed by atoms with Crippen molar-refractivity contribution in [2.75, 3.05) is 18.0 Å². The zero-order chi connectivity index (χ0) is 20.5. The van der Waals surface area contributed by atoms with Crippen LogP contribution in [0.25, 0.3) is 10.9 Å². The fraction of sp³-hybridized carbons (Fsp3) is 0.240. The second-order valence-electron chi connectivity index (χ2n) is 7.86. The number of amides is 1. The molecule has 2 atom stereocenters. The first-order valence-electron chi connectivity index (χ1n) is 10.4. The van der Waals surface area contributed by atoms with E-state index in [1.54, 1.807) is 11.3 Å². The van der Waals surface area contributed by atoms with Gasteiger partial charge in [0, 0.05) is 46.7 Å². The number of carbonyl (C=O) groups is 1. The molecule has 1 aliphatic rings. The predicted molar refractivity (Wildman–Crippen MR) is 124 cm³/mol. The summed E-state index contributed by atoms with van der Waals surface area (Å²) in [5, 5.41) is 6.89. The van der Waals surface area contributed by atoms with Crippen molar-refractivity contribution in [3.63, 3.8) is 0 Å². The van der Waals surface area contributed by atoms with Gasteiger partial charge in [-0.2, -0.15) is 0 Å². The van der Waals surface area contributed by atoms with Gasteiger partial charge in [0.05, 0.1) is 6.04 Å². The van der Waals surface area contributed by atoms with Crippen LogP contribution < -0.4 is 10.2 Å². The summed E-state index contributed by atoms with van der Waals surface area (Å²) >= 11 is 1.76. The van der Waals surface area contributed by atoms with Crippen molar-refractivity contribution >= 4 is 33.8 Å². The highest BCUT2D eigenvalue weighted by Gasteiger charge is 2.28. The van der Waals surface area contributed by atoms with E-state index in [1.807, 2.05) is 30.0 Å². The smallest absolute Gasteiger partial charge is 0.243 e. The van der Waals surface area contributed by atoms with Gasteiger partial charge in [-0.05, 0) is 48.1 Å². The Morgan fingerprint density at radius 1 is 1.13 bits per heavy atom. The molecule has 0 spiro atoms. The van der Waals surface area contributed by atoms with Gasteiger partial charge in [0.2, 0.25) is 5.91 Å². The zero-order valence-corrected chi connectivity index (χ0v) is 17.8. The largest absolute Gasteiger partial charge is 0.361 e. The molecule has 4 aromatic rings. The van der Waals surface area contributed by atoms with Gasteiger partial charge in [-0.1, -0.05) is 42.5 Å². The summed E-state index contributed by atoms with van der Waals surface area (Å²) in [6, 6.07) is 20.6. The Morgan fingerprint density at radius 3 is 2.83 bits per heavy atom. The monoisotopic (exact) mass is 415 g/mol. The highest BCUT2D eigenvalue weighted by atomic mass is 32.1. The maximum atomic E-state index is 13.2. The summed E-state index contributed by atoms with van der Waals surface area (Å²) < 4.78 is 0.